The second-order valence-corrected chi connectivity index (χ2v) is 7.53. The Labute approximate surface area is 125 Å². The first kappa shape index (κ1) is 16.1. The topological polar surface area (TPSA) is 92.9 Å². The van der Waals surface area contributed by atoms with Crippen molar-refractivity contribution in [2.75, 3.05) is 31.2 Å². The van der Waals surface area contributed by atoms with E-state index in [2.05, 4.69) is 0 Å². The Morgan fingerprint density at radius 1 is 1.38 bits per heavy atom. The molecule has 0 bridgehead atoms. The molecule has 1 aromatic rings. The summed E-state index contributed by atoms with van der Waals surface area (Å²) in [6.45, 7) is 2.36. The quantitative estimate of drug-likeness (QED) is 0.727. The fourth-order valence-corrected chi connectivity index (χ4v) is 3.85. The number of ether oxygens (including phenoxy) is 1. The van der Waals surface area contributed by atoms with Crippen LogP contribution in [0.5, 0.6) is 5.75 Å². The number of rotatable bonds is 7. The highest BCUT2D eigenvalue weighted by Gasteiger charge is 2.45. The number of hydrogen-bond acceptors (Lipinski definition) is 5. The molecule has 0 saturated carbocycles. The first-order valence-electron chi connectivity index (χ1n) is 7.04. The van der Waals surface area contributed by atoms with Gasteiger partial charge in [0.25, 0.3) is 0 Å². The van der Waals surface area contributed by atoms with E-state index in [1.165, 1.54) is 4.31 Å². The molecule has 2 rings (SSSR count). The summed E-state index contributed by atoms with van der Waals surface area (Å²) >= 11 is 0. The van der Waals surface area contributed by atoms with Crippen molar-refractivity contribution in [2.24, 2.45) is 0 Å². The third-order valence-electron chi connectivity index (χ3n) is 3.57. The highest BCUT2D eigenvalue weighted by atomic mass is 32.2. The number of nitrogens with two attached hydrogens (primary N) is 1. The lowest BCUT2D eigenvalue weighted by atomic mass is 9.92. The van der Waals surface area contributed by atoms with Crippen LogP contribution in [0.25, 0.3) is 0 Å². The summed E-state index contributed by atoms with van der Waals surface area (Å²) in [6.07, 6.45) is 1.46. The van der Waals surface area contributed by atoms with E-state index in [-0.39, 0.29) is 25.4 Å². The third-order valence-corrected chi connectivity index (χ3v) is 5.30. The van der Waals surface area contributed by atoms with Crippen LogP contribution in [-0.4, -0.2) is 48.9 Å². The van der Waals surface area contributed by atoms with Gasteiger partial charge in [-0.3, -0.25) is 0 Å². The predicted octanol–water partition coefficient (Wildman–Crippen LogP) is 0.824. The third kappa shape index (κ3) is 3.87. The molecule has 1 heterocycles. The first-order valence-corrected chi connectivity index (χ1v) is 8.65. The normalized spacial score (nSPS) is 18.2. The van der Waals surface area contributed by atoms with E-state index in [1.807, 2.05) is 6.92 Å². The highest BCUT2D eigenvalue weighted by molar-refractivity contribution is 7.89. The van der Waals surface area contributed by atoms with Crippen LogP contribution in [-0.2, 0) is 10.0 Å². The van der Waals surface area contributed by atoms with Gasteiger partial charge in [0.15, 0.2) is 0 Å². The maximum atomic E-state index is 12.1. The van der Waals surface area contributed by atoms with E-state index in [4.69, 9.17) is 10.5 Å². The lowest BCUT2D eigenvalue weighted by Crippen LogP contribution is -2.63. The lowest BCUT2D eigenvalue weighted by Gasteiger charge is -2.45. The number of nitrogen functional groups attached to an aromatic ring is 1. The van der Waals surface area contributed by atoms with Crippen molar-refractivity contribution in [3.8, 4) is 5.75 Å². The standard InChI is InChI=1S/C14H22N2O4S/c1-2-7-14(17)10-16(11-14)21(18,19)9-8-20-13-6-4-3-5-12(13)15/h3-6,17H,2,7-11,15H2,1H3. The number of anilines is 1. The number of sulfonamides is 1. The van der Waals surface area contributed by atoms with E-state index < -0.39 is 15.6 Å². The Kier molecular flexibility index (Phi) is 4.75. The zero-order valence-electron chi connectivity index (χ0n) is 12.2. The van der Waals surface area contributed by atoms with E-state index in [0.29, 0.717) is 17.9 Å². The summed E-state index contributed by atoms with van der Waals surface area (Å²) in [5.41, 5.74) is 5.35. The molecule has 118 valence electrons. The molecule has 1 aromatic carbocycles. The van der Waals surface area contributed by atoms with Gasteiger partial charge in [-0.15, -0.1) is 0 Å². The van der Waals surface area contributed by atoms with Crippen molar-refractivity contribution in [1.82, 2.24) is 4.31 Å². The first-order chi connectivity index (χ1) is 9.86. The summed E-state index contributed by atoms with van der Waals surface area (Å²) in [4.78, 5) is 0. The van der Waals surface area contributed by atoms with E-state index >= 15 is 0 Å². The van der Waals surface area contributed by atoms with Crippen LogP contribution in [0, 0.1) is 0 Å². The monoisotopic (exact) mass is 314 g/mol. The highest BCUT2D eigenvalue weighted by Crippen LogP contribution is 2.28. The zero-order valence-corrected chi connectivity index (χ0v) is 13.0. The molecular formula is C14H22N2O4S. The maximum absolute atomic E-state index is 12.1. The van der Waals surface area contributed by atoms with Crippen molar-refractivity contribution in [1.29, 1.82) is 0 Å². The molecule has 0 amide bonds. The molecule has 0 unspecified atom stereocenters. The number of para-hydroxylation sites is 2. The average molecular weight is 314 g/mol. The Bertz CT molecular complexity index is 582. The zero-order chi connectivity index (χ0) is 15.5. The molecule has 3 N–H and O–H groups in total. The van der Waals surface area contributed by atoms with Crippen molar-refractivity contribution < 1.29 is 18.3 Å². The van der Waals surface area contributed by atoms with Crippen molar-refractivity contribution >= 4 is 15.7 Å². The number of aliphatic hydroxyl groups is 1. The minimum absolute atomic E-state index is 0.0409. The molecule has 0 aromatic heterocycles. The molecule has 7 heteroatoms. The minimum Gasteiger partial charge on any atom is -0.490 e. The van der Waals surface area contributed by atoms with Crippen molar-refractivity contribution in [3.63, 3.8) is 0 Å². The van der Waals surface area contributed by atoms with E-state index in [0.717, 1.165) is 6.42 Å². The Hall–Kier alpha value is -1.31. The fraction of sp³-hybridized carbons (Fsp3) is 0.571. The van der Waals surface area contributed by atoms with Gasteiger partial charge in [0.05, 0.1) is 17.0 Å². The smallest absolute Gasteiger partial charge is 0.217 e. The molecule has 0 radical (unpaired) electrons. The number of hydrogen-bond donors (Lipinski definition) is 2. The molecule has 0 atom stereocenters. The number of benzene rings is 1. The molecular weight excluding hydrogens is 292 g/mol. The van der Waals surface area contributed by atoms with Gasteiger partial charge in [-0.25, -0.2) is 8.42 Å². The van der Waals surface area contributed by atoms with Crippen LogP contribution in [0.4, 0.5) is 5.69 Å². The predicted molar refractivity (Wildman–Crippen MR) is 81.6 cm³/mol. The molecule has 0 aliphatic carbocycles. The van der Waals surface area contributed by atoms with Crippen LogP contribution in [0.2, 0.25) is 0 Å². The molecule has 0 spiro atoms. The van der Waals surface area contributed by atoms with Crippen molar-refractivity contribution in [3.05, 3.63) is 24.3 Å². The average Bonchev–Trinajstić information content (AvgIpc) is 2.38. The van der Waals surface area contributed by atoms with Crippen LogP contribution in [0.3, 0.4) is 0 Å². The molecule has 21 heavy (non-hydrogen) atoms. The van der Waals surface area contributed by atoms with Gasteiger partial charge in [0, 0.05) is 13.1 Å². The van der Waals surface area contributed by atoms with Gasteiger partial charge in [-0.2, -0.15) is 4.31 Å². The maximum Gasteiger partial charge on any atom is 0.217 e. The van der Waals surface area contributed by atoms with E-state index in [9.17, 15) is 13.5 Å². The summed E-state index contributed by atoms with van der Waals surface area (Å²) in [5.74, 6) is 0.364. The Morgan fingerprint density at radius 3 is 2.67 bits per heavy atom. The van der Waals surface area contributed by atoms with Crippen molar-refractivity contribution in [2.45, 2.75) is 25.4 Å². The van der Waals surface area contributed by atoms with Gasteiger partial charge in [-0.05, 0) is 18.6 Å². The second kappa shape index (κ2) is 6.21. The van der Waals surface area contributed by atoms with Gasteiger partial charge in [0.1, 0.15) is 12.4 Å². The largest absolute Gasteiger partial charge is 0.490 e. The molecule has 1 aliphatic rings. The SMILES string of the molecule is CCCC1(O)CN(S(=O)(=O)CCOc2ccccc2N)C1. The van der Waals surface area contributed by atoms with E-state index in [1.54, 1.807) is 24.3 Å². The lowest BCUT2D eigenvalue weighted by molar-refractivity contribution is -0.0653. The van der Waals surface area contributed by atoms with Gasteiger partial charge < -0.3 is 15.6 Å². The summed E-state index contributed by atoms with van der Waals surface area (Å²) in [7, 11) is -3.39. The van der Waals surface area contributed by atoms with Gasteiger partial charge >= 0.3 is 0 Å². The van der Waals surface area contributed by atoms with Crippen LogP contribution >= 0.6 is 0 Å². The molecule has 1 fully saturated rings. The molecule has 6 nitrogen and oxygen atoms in total. The molecule has 1 aliphatic heterocycles. The summed E-state index contributed by atoms with van der Waals surface area (Å²) in [6, 6.07) is 6.96. The van der Waals surface area contributed by atoms with Crippen LogP contribution < -0.4 is 10.5 Å². The number of β-amino-alcohol motifs (C(OH)–C–C–N with tert-alkyl or cyclic N) is 1. The fourth-order valence-electron chi connectivity index (χ4n) is 2.43. The molecule has 1 saturated heterocycles. The van der Waals surface area contributed by atoms with Crippen LogP contribution in [0.15, 0.2) is 24.3 Å². The Balaban J connectivity index is 1.82. The second-order valence-electron chi connectivity index (χ2n) is 5.44. The van der Waals surface area contributed by atoms with Gasteiger partial charge in [0.2, 0.25) is 10.0 Å². The van der Waals surface area contributed by atoms with Gasteiger partial charge in [-0.1, -0.05) is 25.5 Å². The Morgan fingerprint density at radius 2 is 2.05 bits per heavy atom. The minimum atomic E-state index is -3.39. The van der Waals surface area contributed by atoms with Crippen LogP contribution in [0.1, 0.15) is 19.8 Å². The summed E-state index contributed by atoms with van der Waals surface area (Å²) in [5, 5.41) is 10.0. The number of nitrogens with zero attached hydrogens (tertiary/aromatic N) is 1. The summed E-state index contributed by atoms with van der Waals surface area (Å²) < 4.78 is 30.9.